The topological polar surface area (TPSA) is 116 Å². The number of hydrogen-bond acceptors (Lipinski definition) is 6. The molecule has 2 aromatic rings. The van der Waals surface area contributed by atoms with Gasteiger partial charge in [-0.2, -0.15) is 0 Å². The number of benzene rings is 2. The lowest BCUT2D eigenvalue weighted by atomic mass is 10.0. The minimum Gasteiger partial charge on any atom is -0.614 e. The first kappa shape index (κ1) is 18.5. The number of esters is 1. The summed E-state index contributed by atoms with van der Waals surface area (Å²) in [6.45, 7) is 0. The van der Waals surface area contributed by atoms with Crippen LogP contribution < -0.4 is 5.73 Å². The summed E-state index contributed by atoms with van der Waals surface area (Å²) in [7, 11) is 0. The van der Waals surface area contributed by atoms with Crippen LogP contribution in [-0.4, -0.2) is 43.6 Å². The average molecular weight is 398 g/mol. The third kappa shape index (κ3) is 3.05. The smallest absolute Gasteiger partial charge is 0.359 e. The van der Waals surface area contributed by atoms with Gasteiger partial charge in [-0.3, -0.25) is 9.69 Å². The highest BCUT2D eigenvalue weighted by molar-refractivity contribution is 7.92. The molecular weight excluding hydrogens is 380 g/mol. The van der Waals surface area contributed by atoms with Gasteiger partial charge < -0.3 is 20.1 Å². The van der Waals surface area contributed by atoms with Gasteiger partial charge in [-0.05, 0) is 22.3 Å². The van der Waals surface area contributed by atoms with Crippen LogP contribution in [0.4, 0.5) is 0 Å². The van der Waals surface area contributed by atoms with Crippen molar-refractivity contribution in [3.63, 3.8) is 0 Å². The molecule has 0 radical (unpaired) electrons. The van der Waals surface area contributed by atoms with Crippen LogP contribution in [-0.2, 0) is 25.5 Å². The molecule has 8 heteroatoms. The summed E-state index contributed by atoms with van der Waals surface area (Å²) in [5, 5.41) is 9.42. The molecule has 2 aliphatic rings. The molecule has 1 unspecified atom stereocenters. The fraction of sp³-hybridized carbons (Fsp3) is 0.200. The molecule has 0 bridgehead atoms. The van der Waals surface area contributed by atoms with Gasteiger partial charge in [0.15, 0.2) is 29.4 Å². The highest BCUT2D eigenvalue weighted by Gasteiger charge is 2.59. The highest BCUT2D eigenvalue weighted by Crippen LogP contribution is 2.37. The third-order valence-electron chi connectivity index (χ3n) is 4.77. The largest absolute Gasteiger partial charge is 0.614 e. The number of rotatable bonds is 4. The monoisotopic (exact) mass is 398 g/mol. The summed E-state index contributed by atoms with van der Waals surface area (Å²) in [4.78, 5) is 26.1. The van der Waals surface area contributed by atoms with Crippen molar-refractivity contribution in [2.24, 2.45) is 5.73 Å². The van der Waals surface area contributed by atoms with Gasteiger partial charge in [0, 0.05) is 0 Å². The van der Waals surface area contributed by atoms with E-state index in [-0.39, 0.29) is 11.4 Å². The molecule has 3 atom stereocenters. The van der Waals surface area contributed by atoms with E-state index in [2.05, 4.69) is 0 Å². The fourth-order valence-electron chi connectivity index (χ4n) is 3.40. The first-order chi connectivity index (χ1) is 13.5. The summed E-state index contributed by atoms with van der Waals surface area (Å²) in [5.74, 6) is -2.10. The Balaban J connectivity index is 1.67. The predicted molar refractivity (Wildman–Crippen MR) is 102 cm³/mol. The zero-order chi connectivity index (χ0) is 19.8. The Morgan fingerprint density at radius 2 is 1.68 bits per heavy atom. The van der Waals surface area contributed by atoms with E-state index in [4.69, 9.17) is 10.5 Å². The van der Waals surface area contributed by atoms with Gasteiger partial charge in [-0.1, -0.05) is 60.7 Å². The predicted octanol–water partition coefficient (Wildman–Crippen LogP) is 1.35. The zero-order valence-electron chi connectivity index (χ0n) is 14.7. The summed E-state index contributed by atoms with van der Waals surface area (Å²) in [6, 6.07) is 17.3. The standard InChI is InChI=1S/C20H18N2O5S/c21-15-18(24)22-16(14(23)11-28(26)19(15)22)20(25)27-17(12-7-3-1-4-8-12)13-9-5-2-6-10-13/h1-10,15,17,19,23H,11,21H2/t15-,19-,28?/m1/s1. The first-order valence-electron chi connectivity index (χ1n) is 8.68. The lowest BCUT2D eigenvalue weighted by molar-refractivity contribution is -0.153. The van der Waals surface area contributed by atoms with Crippen LogP contribution >= 0.6 is 0 Å². The molecule has 4 rings (SSSR count). The molecule has 2 heterocycles. The number of β-lactam (4-membered cyclic amide) rings is 1. The molecule has 0 aliphatic carbocycles. The number of ether oxygens (including phenoxy) is 1. The summed E-state index contributed by atoms with van der Waals surface area (Å²) < 4.78 is 17.9. The Bertz CT molecular complexity index is 895. The van der Waals surface area contributed by atoms with Crippen molar-refractivity contribution in [1.29, 1.82) is 0 Å². The molecule has 28 heavy (non-hydrogen) atoms. The minimum atomic E-state index is -1.57. The molecular formula is C20H18N2O5S. The Labute approximate surface area is 164 Å². The van der Waals surface area contributed by atoms with Gasteiger partial charge >= 0.3 is 5.97 Å². The van der Waals surface area contributed by atoms with Crippen molar-refractivity contribution >= 4 is 23.1 Å². The molecule has 1 saturated heterocycles. The van der Waals surface area contributed by atoms with E-state index in [1.54, 1.807) is 0 Å². The molecule has 7 nitrogen and oxygen atoms in total. The maximum atomic E-state index is 12.9. The maximum Gasteiger partial charge on any atom is 0.359 e. The number of aliphatic hydroxyl groups is 1. The number of amides is 1. The molecule has 1 fully saturated rings. The fourth-order valence-corrected chi connectivity index (χ4v) is 4.86. The van der Waals surface area contributed by atoms with Crippen LogP contribution in [0.3, 0.4) is 0 Å². The number of carbonyl (C=O) groups is 2. The van der Waals surface area contributed by atoms with Crippen LogP contribution in [0.1, 0.15) is 17.2 Å². The second-order valence-electron chi connectivity index (χ2n) is 6.55. The van der Waals surface area contributed by atoms with E-state index < -0.39 is 46.3 Å². The van der Waals surface area contributed by atoms with E-state index >= 15 is 0 Å². The van der Waals surface area contributed by atoms with Crippen LogP contribution in [0.25, 0.3) is 0 Å². The number of nitrogens with zero attached hydrogens (tertiary/aromatic N) is 1. The van der Waals surface area contributed by atoms with Crippen molar-refractivity contribution in [3.8, 4) is 0 Å². The van der Waals surface area contributed by atoms with E-state index in [1.165, 1.54) is 0 Å². The second kappa shape index (κ2) is 7.31. The minimum absolute atomic E-state index is 0.242. The van der Waals surface area contributed by atoms with Crippen molar-refractivity contribution in [3.05, 3.63) is 83.2 Å². The summed E-state index contributed by atoms with van der Waals surface area (Å²) in [5.41, 5.74) is 6.91. The number of aliphatic hydroxyl groups excluding tert-OH is 1. The first-order valence-corrected chi connectivity index (χ1v) is 10.1. The van der Waals surface area contributed by atoms with Crippen LogP contribution in [0, 0.1) is 0 Å². The number of nitrogens with two attached hydrogens (primary N) is 1. The average Bonchev–Trinajstić information content (AvgIpc) is 2.72. The lowest BCUT2D eigenvalue weighted by Crippen LogP contribution is -2.73. The molecule has 0 spiro atoms. The summed E-state index contributed by atoms with van der Waals surface area (Å²) >= 11 is -1.57. The molecule has 144 valence electrons. The quantitative estimate of drug-likeness (QED) is 0.456. The van der Waals surface area contributed by atoms with Gasteiger partial charge in [0.05, 0.1) is 0 Å². The van der Waals surface area contributed by atoms with E-state index in [0.717, 1.165) is 16.0 Å². The van der Waals surface area contributed by atoms with Gasteiger partial charge in [0.1, 0.15) is 0 Å². The number of carbonyl (C=O) groups excluding carboxylic acids is 2. The SMILES string of the molecule is N[C@@H]1C(=O)N2C(C(=O)OC(c3ccccc3)c3ccccc3)=C(O)C[S+]([O-])[C@H]12. The van der Waals surface area contributed by atoms with Crippen molar-refractivity contribution in [2.75, 3.05) is 5.75 Å². The maximum absolute atomic E-state index is 12.9. The van der Waals surface area contributed by atoms with Gasteiger partial charge in [0.2, 0.25) is 5.37 Å². The number of fused-ring (bicyclic) bond motifs is 1. The normalized spacial score (nSPS) is 24.0. The zero-order valence-corrected chi connectivity index (χ0v) is 15.5. The third-order valence-corrected chi connectivity index (χ3v) is 6.37. The molecule has 0 saturated carbocycles. The lowest BCUT2D eigenvalue weighted by Gasteiger charge is -2.47. The molecule has 2 aliphatic heterocycles. The Hall–Kier alpha value is -2.81. The van der Waals surface area contributed by atoms with E-state index in [0.29, 0.717) is 0 Å². The Kier molecular flexibility index (Phi) is 4.84. The van der Waals surface area contributed by atoms with Gasteiger partial charge in [-0.25, -0.2) is 4.79 Å². The van der Waals surface area contributed by atoms with E-state index in [1.807, 2.05) is 60.7 Å². The van der Waals surface area contributed by atoms with Crippen LogP contribution in [0.15, 0.2) is 72.1 Å². The molecule has 3 N–H and O–H groups in total. The molecule has 2 aromatic carbocycles. The van der Waals surface area contributed by atoms with Crippen molar-refractivity contribution in [1.82, 2.24) is 4.90 Å². The van der Waals surface area contributed by atoms with Crippen LogP contribution in [0.2, 0.25) is 0 Å². The number of hydrogen-bond donors (Lipinski definition) is 2. The van der Waals surface area contributed by atoms with E-state index in [9.17, 15) is 19.2 Å². The van der Waals surface area contributed by atoms with Gasteiger partial charge in [-0.15, -0.1) is 0 Å². The Morgan fingerprint density at radius 1 is 1.14 bits per heavy atom. The summed E-state index contributed by atoms with van der Waals surface area (Å²) in [6.07, 6.45) is -0.730. The van der Waals surface area contributed by atoms with Crippen molar-refractivity contribution < 1.29 is 24.0 Å². The van der Waals surface area contributed by atoms with Gasteiger partial charge in [0.25, 0.3) is 5.91 Å². The highest BCUT2D eigenvalue weighted by atomic mass is 32.2. The Morgan fingerprint density at radius 3 is 2.21 bits per heavy atom. The second-order valence-corrected chi connectivity index (χ2v) is 8.08. The molecule has 0 aromatic heterocycles. The van der Waals surface area contributed by atoms with Crippen molar-refractivity contribution in [2.45, 2.75) is 17.5 Å². The van der Waals surface area contributed by atoms with Crippen LogP contribution in [0.5, 0.6) is 0 Å². The molecule has 1 amide bonds.